The standard InChI is InChI=1S/C16H21F3N2O2/c1-10-3-2-4-21(8-10)15(23)7-20-14(9-22)11-5-12(17)16(19)13(18)6-11/h5-6,10,14,20,22H,2-4,7-9H2,1H3/t10-,14+/m1/s1. The van der Waals surface area contributed by atoms with Crippen molar-refractivity contribution in [2.75, 3.05) is 26.2 Å². The molecule has 0 bridgehead atoms. The molecule has 1 fully saturated rings. The fraction of sp³-hybridized carbons (Fsp3) is 0.562. The first-order valence-electron chi connectivity index (χ1n) is 7.68. The smallest absolute Gasteiger partial charge is 0.236 e. The largest absolute Gasteiger partial charge is 0.394 e. The Balaban J connectivity index is 1.98. The van der Waals surface area contributed by atoms with E-state index in [9.17, 15) is 23.1 Å². The highest BCUT2D eigenvalue weighted by molar-refractivity contribution is 5.78. The summed E-state index contributed by atoms with van der Waals surface area (Å²) in [6.07, 6.45) is 2.04. The van der Waals surface area contributed by atoms with Gasteiger partial charge in [-0.1, -0.05) is 6.92 Å². The van der Waals surface area contributed by atoms with Crippen LogP contribution in [0.25, 0.3) is 0 Å². The van der Waals surface area contributed by atoms with Crippen LogP contribution in [-0.2, 0) is 4.79 Å². The molecule has 1 aliphatic rings. The van der Waals surface area contributed by atoms with Crippen LogP contribution in [0.1, 0.15) is 31.4 Å². The van der Waals surface area contributed by atoms with Crippen molar-refractivity contribution < 1.29 is 23.1 Å². The third-order valence-corrected chi connectivity index (χ3v) is 4.10. The van der Waals surface area contributed by atoms with Gasteiger partial charge in [0.1, 0.15) is 0 Å². The third kappa shape index (κ3) is 4.45. The van der Waals surface area contributed by atoms with E-state index >= 15 is 0 Å². The molecule has 0 radical (unpaired) electrons. The van der Waals surface area contributed by atoms with Crippen LogP contribution in [0, 0.1) is 23.4 Å². The van der Waals surface area contributed by atoms with Gasteiger partial charge >= 0.3 is 0 Å². The van der Waals surface area contributed by atoms with E-state index in [2.05, 4.69) is 12.2 Å². The summed E-state index contributed by atoms with van der Waals surface area (Å²) in [7, 11) is 0. The number of nitrogens with zero attached hydrogens (tertiary/aromatic N) is 1. The number of aliphatic hydroxyl groups excluding tert-OH is 1. The molecule has 23 heavy (non-hydrogen) atoms. The molecule has 0 aliphatic carbocycles. The van der Waals surface area contributed by atoms with Gasteiger partial charge in [0.15, 0.2) is 17.5 Å². The van der Waals surface area contributed by atoms with Crippen molar-refractivity contribution in [1.29, 1.82) is 0 Å². The lowest BCUT2D eigenvalue weighted by atomic mass is 10.0. The second-order valence-corrected chi connectivity index (χ2v) is 6.00. The number of hydrogen-bond acceptors (Lipinski definition) is 3. The van der Waals surface area contributed by atoms with Gasteiger partial charge in [-0.15, -0.1) is 0 Å². The summed E-state index contributed by atoms with van der Waals surface area (Å²) in [4.78, 5) is 13.9. The Kier molecular flexibility index (Phi) is 6.01. The van der Waals surface area contributed by atoms with Crippen LogP contribution in [0.3, 0.4) is 0 Å². The molecule has 1 amide bonds. The number of amides is 1. The molecule has 7 heteroatoms. The maximum Gasteiger partial charge on any atom is 0.236 e. The van der Waals surface area contributed by atoms with E-state index in [0.717, 1.165) is 25.0 Å². The SMILES string of the molecule is C[C@@H]1CCCN(C(=O)CN[C@@H](CO)c2cc(F)c(F)c(F)c2)C1. The van der Waals surface area contributed by atoms with Gasteiger partial charge in [-0.05, 0) is 36.5 Å². The topological polar surface area (TPSA) is 52.6 Å². The summed E-state index contributed by atoms with van der Waals surface area (Å²) in [6.45, 7) is 2.93. The first-order valence-corrected chi connectivity index (χ1v) is 7.68. The number of nitrogens with one attached hydrogen (secondary N) is 1. The molecule has 0 saturated carbocycles. The normalized spacial score (nSPS) is 19.7. The van der Waals surface area contributed by atoms with Crippen molar-refractivity contribution in [2.24, 2.45) is 5.92 Å². The number of hydrogen-bond donors (Lipinski definition) is 2. The van der Waals surface area contributed by atoms with Crippen molar-refractivity contribution >= 4 is 5.91 Å². The average molecular weight is 330 g/mol. The number of carbonyl (C=O) groups excluding carboxylic acids is 1. The first-order chi connectivity index (χ1) is 10.9. The minimum atomic E-state index is -1.55. The predicted octanol–water partition coefficient (Wildman–Crippen LogP) is 1.99. The number of rotatable bonds is 5. The van der Waals surface area contributed by atoms with Gasteiger partial charge in [-0.25, -0.2) is 13.2 Å². The van der Waals surface area contributed by atoms with Crippen LogP contribution in [0.2, 0.25) is 0 Å². The Morgan fingerprint density at radius 1 is 1.39 bits per heavy atom. The van der Waals surface area contributed by atoms with Crippen LogP contribution >= 0.6 is 0 Å². The van der Waals surface area contributed by atoms with E-state index in [-0.39, 0.29) is 18.0 Å². The average Bonchev–Trinajstić information content (AvgIpc) is 2.52. The fourth-order valence-corrected chi connectivity index (χ4v) is 2.80. The monoisotopic (exact) mass is 330 g/mol. The van der Waals surface area contributed by atoms with E-state index in [1.54, 1.807) is 4.90 Å². The number of benzene rings is 1. The molecule has 0 aromatic heterocycles. The van der Waals surface area contributed by atoms with Gasteiger partial charge in [0, 0.05) is 13.1 Å². The lowest BCUT2D eigenvalue weighted by molar-refractivity contribution is -0.132. The van der Waals surface area contributed by atoms with Gasteiger partial charge in [0.2, 0.25) is 5.91 Å². The second kappa shape index (κ2) is 7.79. The van der Waals surface area contributed by atoms with E-state index in [4.69, 9.17) is 0 Å². The lowest BCUT2D eigenvalue weighted by Gasteiger charge is -2.31. The molecule has 4 nitrogen and oxygen atoms in total. The molecule has 2 rings (SSSR count). The van der Waals surface area contributed by atoms with Gasteiger partial charge in [0.25, 0.3) is 0 Å². The van der Waals surface area contributed by atoms with Gasteiger partial charge in [-0.3, -0.25) is 10.1 Å². The Morgan fingerprint density at radius 2 is 2.04 bits per heavy atom. The summed E-state index contributed by atoms with van der Waals surface area (Å²) in [5.41, 5.74) is 0.0590. The first kappa shape index (κ1) is 17.7. The minimum Gasteiger partial charge on any atom is -0.394 e. The Labute approximate surface area is 133 Å². The van der Waals surface area contributed by atoms with Crippen molar-refractivity contribution in [2.45, 2.75) is 25.8 Å². The van der Waals surface area contributed by atoms with E-state index < -0.39 is 30.1 Å². The van der Waals surface area contributed by atoms with Crippen molar-refractivity contribution in [3.05, 3.63) is 35.1 Å². The Morgan fingerprint density at radius 3 is 2.61 bits per heavy atom. The molecule has 1 saturated heterocycles. The van der Waals surface area contributed by atoms with Gasteiger partial charge in [-0.2, -0.15) is 0 Å². The maximum atomic E-state index is 13.3. The zero-order valence-corrected chi connectivity index (χ0v) is 13.0. The minimum absolute atomic E-state index is 0.0570. The predicted molar refractivity (Wildman–Crippen MR) is 79.1 cm³/mol. The zero-order valence-electron chi connectivity index (χ0n) is 13.0. The van der Waals surface area contributed by atoms with E-state index in [0.29, 0.717) is 19.0 Å². The van der Waals surface area contributed by atoms with Crippen LogP contribution in [0.5, 0.6) is 0 Å². The Bertz CT molecular complexity index is 545. The fourth-order valence-electron chi connectivity index (χ4n) is 2.80. The summed E-state index contributed by atoms with van der Waals surface area (Å²) >= 11 is 0. The number of carbonyl (C=O) groups is 1. The summed E-state index contributed by atoms with van der Waals surface area (Å²) in [5, 5.41) is 12.1. The van der Waals surface area contributed by atoms with Crippen LogP contribution < -0.4 is 5.32 Å². The molecule has 1 aromatic rings. The molecule has 128 valence electrons. The van der Waals surface area contributed by atoms with E-state index in [1.165, 1.54) is 0 Å². The summed E-state index contributed by atoms with van der Waals surface area (Å²) < 4.78 is 39.5. The molecular formula is C16H21F3N2O2. The van der Waals surface area contributed by atoms with Crippen LogP contribution in [0.4, 0.5) is 13.2 Å². The molecule has 1 heterocycles. The Hall–Kier alpha value is -1.60. The lowest BCUT2D eigenvalue weighted by Crippen LogP contribution is -2.44. The van der Waals surface area contributed by atoms with Crippen molar-refractivity contribution in [1.82, 2.24) is 10.2 Å². The molecule has 2 atom stereocenters. The zero-order chi connectivity index (χ0) is 17.0. The molecule has 2 N–H and O–H groups in total. The number of likely N-dealkylation sites (tertiary alicyclic amines) is 1. The second-order valence-electron chi connectivity index (χ2n) is 6.00. The van der Waals surface area contributed by atoms with Gasteiger partial charge in [0.05, 0.1) is 19.2 Å². The number of piperidine rings is 1. The number of halogens is 3. The summed E-state index contributed by atoms with van der Waals surface area (Å²) in [6, 6.07) is 0.796. The molecular weight excluding hydrogens is 309 g/mol. The molecule has 0 unspecified atom stereocenters. The molecule has 1 aromatic carbocycles. The van der Waals surface area contributed by atoms with Crippen molar-refractivity contribution in [3.63, 3.8) is 0 Å². The maximum absolute atomic E-state index is 13.3. The van der Waals surface area contributed by atoms with E-state index in [1.807, 2.05) is 0 Å². The van der Waals surface area contributed by atoms with Crippen molar-refractivity contribution in [3.8, 4) is 0 Å². The highest BCUT2D eigenvalue weighted by atomic mass is 19.2. The third-order valence-electron chi connectivity index (χ3n) is 4.10. The molecule has 0 spiro atoms. The quantitative estimate of drug-likeness (QED) is 0.812. The highest BCUT2D eigenvalue weighted by Crippen LogP contribution is 2.20. The highest BCUT2D eigenvalue weighted by Gasteiger charge is 2.22. The number of aliphatic hydroxyl groups is 1. The van der Waals surface area contributed by atoms with Crippen LogP contribution in [0.15, 0.2) is 12.1 Å². The molecule has 1 aliphatic heterocycles. The summed E-state index contributed by atoms with van der Waals surface area (Å²) in [5.74, 6) is -3.88. The van der Waals surface area contributed by atoms with Crippen LogP contribution in [-0.4, -0.2) is 42.2 Å². The van der Waals surface area contributed by atoms with Gasteiger partial charge < -0.3 is 10.0 Å².